The number of amides is 1. The van der Waals surface area contributed by atoms with Crippen LogP contribution in [0.15, 0.2) is 22.8 Å². The summed E-state index contributed by atoms with van der Waals surface area (Å²) in [7, 11) is 2.15. The van der Waals surface area contributed by atoms with Gasteiger partial charge in [-0.3, -0.25) is 4.90 Å². The first-order valence-corrected chi connectivity index (χ1v) is 9.57. The van der Waals surface area contributed by atoms with Crippen molar-refractivity contribution in [3.05, 3.63) is 22.8 Å². The molecular weight excluding hydrogens is 384 g/mol. The van der Waals surface area contributed by atoms with Crippen molar-refractivity contribution in [3.8, 4) is 0 Å². The summed E-state index contributed by atoms with van der Waals surface area (Å²) in [5.41, 5.74) is -0.529. The Morgan fingerprint density at radius 3 is 2.60 bits per heavy atom. The number of anilines is 1. The van der Waals surface area contributed by atoms with E-state index in [9.17, 15) is 4.79 Å². The highest BCUT2D eigenvalue weighted by molar-refractivity contribution is 9.10. The molecule has 6 nitrogen and oxygen atoms in total. The van der Waals surface area contributed by atoms with Crippen LogP contribution in [0.1, 0.15) is 27.2 Å². The number of halogens is 1. The largest absolute Gasteiger partial charge is 0.443 e. The molecule has 1 amide bonds. The molecule has 140 valence electrons. The topological polar surface area (TPSA) is 48.9 Å². The molecule has 0 saturated carbocycles. The first-order chi connectivity index (χ1) is 11.7. The molecule has 1 aromatic rings. The molecule has 1 aromatic heterocycles. The van der Waals surface area contributed by atoms with Crippen LogP contribution in [0.4, 0.5) is 10.6 Å². The van der Waals surface area contributed by atoms with Crippen LogP contribution in [0.5, 0.6) is 0 Å². The van der Waals surface area contributed by atoms with E-state index in [1.807, 2.05) is 32.9 Å². The Labute approximate surface area is 159 Å². The zero-order valence-electron chi connectivity index (χ0n) is 15.7. The molecule has 1 fully saturated rings. The predicted octanol–water partition coefficient (Wildman–Crippen LogP) is 3.22. The first-order valence-electron chi connectivity index (χ1n) is 8.77. The van der Waals surface area contributed by atoms with Gasteiger partial charge in [-0.25, -0.2) is 9.78 Å². The van der Waals surface area contributed by atoms with Crippen molar-refractivity contribution in [1.82, 2.24) is 14.8 Å². The molecule has 0 N–H and O–H groups in total. The number of pyridine rings is 1. The number of hydrogen-bond donors (Lipinski definition) is 0. The minimum Gasteiger partial charge on any atom is -0.443 e. The van der Waals surface area contributed by atoms with Crippen LogP contribution in [-0.4, -0.2) is 72.8 Å². The summed E-state index contributed by atoms with van der Waals surface area (Å²) in [6.45, 7) is 11.6. The molecule has 7 heteroatoms. The SMILES string of the molecule is CN1CCN(CCCN(C(=O)OC(C)(C)C)c2cc(Br)ccn2)CC1. The minimum atomic E-state index is -0.529. The Hall–Kier alpha value is -1.18. The molecule has 2 rings (SSSR count). The second-order valence-corrected chi connectivity index (χ2v) is 8.38. The molecule has 1 aliphatic heterocycles. The highest BCUT2D eigenvalue weighted by Gasteiger charge is 2.24. The van der Waals surface area contributed by atoms with E-state index in [0.717, 1.165) is 43.6 Å². The maximum absolute atomic E-state index is 12.6. The van der Waals surface area contributed by atoms with Crippen LogP contribution in [0.3, 0.4) is 0 Å². The van der Waals surface area contributed by atoms with Gasteiger partial charge in [-0.1, -0.05) is 15.9 Å². The molecule has 0 unspecified atom stereocenters. The van der Waals surface area contributed by atoms with Gasteiger partial charge >= 0.3 is 6.09 Å². The zero-order valence-corrected chi connectivity index (χ0v) is 17.3. The quantitative estimate of drug-likeness (QED) is 0.742. The molecule has 0 atom stereocenters. The average molecular weight is 413 g/mol. The summed E-state index contributed by atoms with van der Waals surface area (Å²) >= 11 is 3.45. The second-order valence-electron chi connectivity index (χ2n) is 7.46. The van der Waals surface area contributed by atoms with E-state index in [4.69, 9.17) is 4.74 Å². The van der Waals surface area contributed by atoms with E-state index >= 15 is 0 Å². The smallest absolute Gasteiger partial charge is 0.416 e. The van der Waals surface area contributed by atoms with Gasteiger partial charge in [-0.15, -0.1) is 0 Å². The number of hydrogen-bond acceptors (Lipinski definition) is 5. The van der Waals surface area contributed by atoms with Gasteiger partial charge in [0.25, 0.3) is 0 Å². The Bertz CT molecular complexity index is 568. The number of carbonyl (C=O) groups excluding carboxylic acids is 1. The zero-order chi connectivity index (χ0) is 18.4. The lowest BCUT2D eigenvalue weighted by molar-refractivity contribution is 0.0577. The third kappa shape index (κ3) is 6.92. The fourth-order valence-electron chi connectivity index (χ4n) is 2.68. The maximum atomic E-state index is 12.6. The van der Waals surface area contributed by atoms with Crippen LogP contribution in [0, 0.1) is 0 Å². The Kier molecular flexibility index (Phi) is 7.22. The van der Waals surface area contributed by atoms with Gasteiger partial charge in [-0.05, 0) is 52.9 Å². The van der Waals surface area contributed by atoms with Gasteiger partial charge in [0, 0.05) is 43.4 Å². The molecule has 0 aliphatic carbocycles. The lowest BCUT2D eigenvalue weighted by Gasteiger charge is -2.33. The molecule has 0 spiro atoms. The number of piperazine rings is 1. The van der Waals surface area contributed by atoms with E-state index in [2.05, 4.69) is 37.8 Å². The van der Waals surface area contributed by atoms with Crippen molar-refractivity contribution >= 4 is 27.8 Å². The number of carbonyl (C=O) groups is 1. The Morgan fingerprint density at radius 1 is 1.32 bits per heavy atom. The number of ether oxygens (including phenoxy) is 1. The summed E-state index contributed by atoms with van der Waals surface area (Å²) in [6.07, 6.45) is 2.23. The van der Waals surface area contributed by atoms with Crippen LogP contribution in [0.25, 0.3) is 0 Å². The molecule has 2 heterocycles. The number of aromatic nitrogens is 1. The standard InChI is InChI=1S/C18H29BrN4O2/c1-18(2,3)25-17(24)23(16-14-15(19)6-7-20-16)9-5-8-22-12-10-21(4)11-13-22/h6-7,14H,5,8-13H2,1-4H3. The summed E-state index contributed by atoms with van der Waals surface area (Å²) in [5.74, 6) is 0.613. The van der Waals surface area contributed by atoms with Crippen molar-refractivity contribution in [2.75, 3.05) is 51.2 Å². The van der Waals surface area contributed by atoms with E-state index < -0.39 is 5.60 Å². The molecule has 1 saturated heterocycles. The van der Waals surface area contributed by atoms with Crippen molar-refractivity contribution in [2.24, 2.45) is 0 Å². The highest BCUT2D eigenvalue weighted by Crippen LogP contribution is 2.20. The Morgan fingerprint density at radius 2 is 2.00 bits per heavy atom. The Balaban J connectivity index is 1.98. The van der Waals surface area contributed by atoms with Crippen molar-refractivity contribution in [2.45, 2.75) is 32.8 Å². The van der Waals surface area contributed by atoms with Crippen LogP contribution < -0.4 is 4.90 Å². The van der Waals surface area contributed by atoms with Crippen molar-refractivity contribution in [1.29, 1.82) is 0 Å². The fourth-order valence-corrected chi connectivity index (χ4v) is 3.00. The minimum absolute atomic E-state index is 0.350. The second kappa shape index (κ2) is 8.96. The van der Waals surface area contributed by atoms with Gasteiger partial charge in [0.1, 0.15) is 11.4 Å². The van der Waals surface area contributed by atoms with E-state index in [0.29, 0.717) is 12.4 Å². The lowest BCUT2D eigenvalue weighted by Crippen LogP contribution is -2.45. The van der Waals surface area contributed by atoms with E-state index in [-0.39, 0.29) is 6.09 Å². The third-order valence-electron chi connectivity index (χ3n) is 4.05. The van der Waals surface area contributed by atoms with E-state index in [1.165, 1.54) is 0 Å². The van der Waals surface area contributed by atoms with Crippen molar-refractivity contribution < 1.29 is 9.53 Å². The molecular formula is C18H29BrN4O2. The van der Waals surface area contributed by atoms with Crippen LogP contribution in [0.2, 0.25) is 0 Å². The molecule has 0 bridgehead atoms. The highest BCUT2D eigenvalue weighted by atomic mass is 79.9. The molecule has 0 aromatic carbocycles. The van der Waals surface area contributed by atoms with Crippen molar-refractivity contribution in [3.63, 3.8) is 0 Å². The summed E-state index contributed by atoms with van der Waals surface area (Å²) in [5, 5.41) is 0. The van der Waals surface area contributed by atoms with Gasteiger partial charge in [0.2, 0.25) is 0 Å². The number of likely N-dealkylation sites (N-methyl/N-ethyl adjacent to an activating group) is 1. The first kappa shape index (κ1) is 20.1. The fraction of sp³-hybridized carbons (Fsp3) is 0.667. The molecule has 0 radical (unpaired) electrons. The predicted molar refractivity (Wildman–Crippen MR) is 104 cm³/mol. The average Bonchev–Trinajstić information content (AvgIpc) is 2.51. The van der Waals surface area contributed by atoms with Gasteiger partial charge in [0.05, 0.1) is 0 Å². The van der Waals surface area contributed by atoms with Crippen LogP contribution in [-0.2, 0) is 4.74 Å². The maximum Gasteiger partial charge on any atom is 0.416 e. The van der Waals surface area contributed by atoms with Gasteiger partial charge in [-0.2, -0.15) is 0 Å². The molecule has 1 aliphatic rings. The van der Waals surface area contributed by atoms with Gasteiger partial charge in [0.15, 0.2) is 0 Å². The lowest BCUT2D eigenvalue weighted by atomic mass is 10.2. The summed E-state index contributed by atoms with van der Waals surface area (Å²) in [4.78, 5) is 23.4. The molecule has 25 heavy (non-hydrogen) atoms. The number of nitrogens with zero attached hydrogens (tertiary/aromatic N) is 4. The summed E-state index contributed by atoms with van der Waals surface area (Å²) in [6, 6.07) is 3.70. The summed E-state index contributed by atoms with van der Waals surface area (Å²) < 4.78 is 6.46. The van der Waals surface area contributed by atoms with Crippen LogP contribution >= 0.6 is 15.9 Å². The normalized spacial score (nSPS) is 16.7. The third-order valence-corrected chi connectivity index (χ3v) is 4.54. The monoisotopic (exact) mass is 412 g/mol. The van der Waals surface area contributed by atoms with Gasteiger partial charge < -0.3 is 14.5 Å². The number of rotatable bonds is 5. The van der Waals surface area contributed by atoms with E-state index in [1.54, 1.807) is 11.1 Å².